The van der Waals surface area contributed by atoms with Crippen molar-refractivity contribution in [3.05, 3.63) is 94.4 Å². The third-order valence-electron chi connectivity index (χ3n) is 6.83. The second kappa shape index (κ2) is 10.5. The average Bonchev–Trinajstić information content (AvgIpc) is 3.41. The van der Waals surface area contributed by atoms with Gasteiger partial charge in [-0.1, -0.05) is 44.0 Å². The number of amides is 1. The Balaban J connectivity index is 1.60. The van der Waals surface area contributed by atoms with Crippen LogP contribution in [0.4, 0.5) is 0 Å². The summed E-state index contributed by atoms with van der Waals surface area (Å²) in [7, 11) is 0. The second-order valence-corrected chi connectivity index (χ2v) is 9.66. The Morgan fingerprint density at radius 1 is 1.11 bits per heavy atom. The number of aryl methyl sites for hydroxylation is 2. The highest BCUT2D eigenvalue weighted by Gasteiger charge is 2.43. The number of aromatic nitrogens is 3. The zero-order chi connectivity index (χ0) is 25.9. The van der Waals surface area contributed by atoms with Gasteiger partial charge in [0, 0.05) is 30.1 Å². The maximum Gasteiger partial charge on any atom is 0.273 e. The number of aromatic hydroxyl groups is 1. The van der Waals surface area contributed by atoms with Crippen LogP contribution >= 0.6 is 0 Å². The molecular formula is C30H32N4O3. The Labute approximate surface area is 217 Å². The number of hydrogen-bond acceptors (Lipinski definition) is 5. The SMILES string of the molecule is CCCCCOc1cccc(C2c3c(-c4c(C)cc(C)cc4O)n[nH]c3C(=O)N2Cc2cccnc2)c1. The van der Waals surface area contributed by atoms with Crippen LogP contribution in [0.3, 0.4) is 0 Å². The topological polar surface area (TPSA) is 91.3 Å². The molecule has 0 aliphatic carbocycles. The number of benzene rings is 2. The lowest BCUT2D eigenvalue weighted by molar-refractivity contribution is 0.0729. The van der Waals surface area contributed by atoms with Crippen LogP contribution in [0, 0.1) is 13.8 Å². The van der Waals surface area contributed by atoms with Crippen LogP contribution in [0.5, 0.6) is 11.5 Å². The van der Waals surface area contributed by atoms with Crippen molar-refractivity contribution < 1.29 is 14.6 Å². The van der Waals surface area contributed by atoms with E-state index < -0.39 is 6.04 Å². The molecule has 0 spiro atoms. The molecular weight excluding hydrogens is 464 g/mol. The fourth-order valence-electron chi connectivity index (χ4n) is 5.15. The summed E-state index contributed by atoms with van der Waals surface area (Å²) in [6.07, 6.45) is 6.75. The first-order valence-electron chi connectivity index (χ1n) is 12.8. The summed E-state index contributed by atoms with van der Waals surface area (Å²) in [5, 5.41) is 18.4. The first-order chi connectivity index (χ1) is 18.0. The van der Waals surface area contributed by atoms with Crippen molar-refractivity contribution in [2.24, 2.45) is 0 Å². The van der Waals surface area contributed by atoms with Gasteiger partial charge in [-0.15, -0.1) is 0 Å². The smallest absolute Gasteiger partial charge is 0.273 e. The Hall–Kier alpha value is -4.13. The molecule has 1 unspecified atom stereocenters. The van der Waals surface area contributed by atoms with Crippen molar-refractivity contribution in [3.63, 3.8) is 0 Å². The first-order valence-corrected chi connectivity index (χ1v) is 12.8. The summed E-state index contributed by atoms with van der Waals surface area (Å²) >= 11 is 0. The molecule has 0 bridgehead atoms. The summed E-state index contributed by atoms with van der Waals surface area (Å²) in [4.78, 5) is 19.8. The maximum absolute atomic E-state index is 13.7. The molecule has 1 atom stereocenters. The van der Waals surface area contributed by atoms with Crippen molar-refractivity contribution in [1.82, 2.24) is 20.1 Å². The van der Waals surface area contributed by atoms with E-state index in [9.17, 15) is 9.90 Å². The number of unbranched alkanes of at least 4 members (excludes halogenated alkanes) is 2. The van der Waals surface area contributed by atoms with Crippen LogP contribution in [0.1, 0.15) is 70.5 Å². The van der Waals surface area contributed by atoms with Crippen molar-refractivity contribution >= 4 is 5.91 Å². The van der Waals surface area contributed by atoms with Crippen LogP contribution in [-0.4, -0.2) is 37.7 Å². The Bertz CT molecular complexity index is 1390. The molecule has 7 heteroatoms. The van der Waals surface area contributed by atoms with E-state index in [0.717, 1.165) is 52.8 Å². The molecule has 190 valence electrons. The number of phenols is 1. The fraction of sp³-hybridized carbons (Fsp3) is 0.300. The highest BCUT2D eigenvalue weighted by molar-refractivity contribution is 6.00. The van der Waals surface area contributed by atoms with Gasteiger partial charge in [0.2, 0.25) is 0 Å². The minimum absolute atomic E-state index is 0.138. The molecule has 1 amide bonds. The van der Waals surface area contributed by atoms with E-state index in [2.05, 4.69) is 22.1 Å². The zero-order valence-electron chi connectivity index (χ0n) is 21.5. The van der Waals surface area contributed by atoms with Crippen LogP contribution in [0.2, 0.25) is 0 Å². The number of pyridine rings is 1. The van der Waals surface area contributed by atoms with Gasteiger partial charge in [0.25, 0.3) is 5.91 Å². The molecule has 7 nitrogen and oxygen atoms in total. The third-order valence-corrected chi connectivity index (χ3v) is 6.83. The van der Waals surface area contributed by atoms with Crippen molar-refractivity contribution in [3.8, 4) is 22.8 Å². The molecule has 1 aliphatic heterocycles. The van der Waals surface area contributed by atoms with Gasteiger partial charge in [-0.2, -0.15) is 5.10 Å². The van der Waals surface area contributed by atoms with Gasteiger partial charge in [-0.25, -0.2) is 0 Å². The largest absolute Gasteiger partial charge is 0.507 e. The van der Waals surface area contributed by atoms with Crippen molar-refractivity contribution in [1.29, 1.82) is 0 Å². The number of nitrogens with one attached hydrogen (secondary N) is 1. The molecule has 2 N–H and O–H groups in total. The lowest BCUT2D eigenvalue weighted by Crippen LogP contribution is -2.29. The number of aromatic amines is 1. The third kappa shape index (κ3) is 4.81. The highest BCUT2D eigenvalue weighted by atomic mass is 16.5. The molecule has 1 aliphatic rings. The number of fused-ring (bicyclic) bond motifs is 1. The van der Waals surface area contributed by atoms with Gasteiger partial charge in [0.05, 0.1) is 12.6 Å². The minimum Gasteiger partial charge on any atom is -0.507 e. The van der Waals surface area contributed by atoms with Crippen molar-refractivity contribution in [2.45, 2.75) is 52.6 Å². The van der Waals surface area contributed by atoms with Gasteiger partial charge in [0.1, 0.15) is 22.9 Å². The number of nitrogens with zero attached hydrogens (tertiary/aromatic N) is 3. The fourth-order valence-corrected chi connectivity index (χ4v) is 5.15. The Kier molecular flexibility index (Phi) is 6.95. The molecule has 2 aromatic carbocycles. The van der Waals surface area contributed by atoms with Gasteiger partial charge in [-0.05, 0) is 66.8 Å². The number of carbonyl (C=O) groups is 1. The molecule has 3 heterocycles. The number of ether oxygens (including phenoxy) is 1. The van der Waals surface area contributed by atoms with Crippen molar-refractivity contribution in [2.75, 3.05) is 6.61 Å². The molecule has 0 saturated heterocycles. The summed E-state index contributed by atoms with van der Waals surface area (Å²) in [6, 6.07) is 15.1. The van der Waals surface area contributed by atoms with E-state index in [1.165, 1.54) is 0 Å². The number of H-pyrrole nitrogens is 1. The lowest BCUT2D eigenvalue weighted by Gasteiger charge is -2.27. The Morgan fingerprint density at radius 2 is 1.97 bits per heavy atom. The lowest BCUT2D eigenvalue weighted by atomic mass is 9.93. The first kappa shape index (κ1) is 24.6. The van der Waals surface area contributed by atoms with E-state index in [0.29, 0.717) is 30.1 Å². The predicted molar refractivity (Wildman–Crippen MR) is 143 cm³/mol. The molecule has 5 rings (SSSR count). The van der Waals surface area contributed by atoms with Crippen LogP contribution in [-0.2, 0) is 6.54 Å². The number of rotatable bonds is 9. The van der Waals surface area contributed by atoms with E-state index in [1.54, 1.807) is 18.5 Å². The molecule has 0 fully saturated rings. The maximum atomic E-state index is 13.7. The molecule has 4 aromatic rings. The van der Waals surface area contributed by atoms with Crippen LogP contribution in [0.25, 0.3) is 11.3 Å². The summed E-state index contributed by atoms with van der Waals surface area (Å²) in [5.74, 6) is 0.785. The summed E-state index contributed by atoms with van der Waals surface area (Å²) < 4.78 is 6.05. The van der Waals surface area contributed by atoms with Crippen LogP contribution in [0.15, 0.2) is 60.9 Å². The number of hydrogen-bond donors (Lipinski definition) is 2. The van der Waals surface area contributed by atoms with Gasteiger partial charge >= 0.3 is 0 Å². The number of carbonyl (C=O) groups excluding carboxylic acids is 1. The van der Waals surface area contributed by atoms with E-state index >= 15 is 0 Å². The standard InChI is InChI=1S/C30H32N4O3/c1-4-5-6-13-37-23-11-7-10-22(16-23)29-26-27(25-20(3)14-19(2)15-24(25)35)32-33-28(26)30(36)34(29)18-21-9-8-12-31-17-21/h7-12,14-17,29,35H,4-6,13,18H2,1-3H3,(H,32,33). The van der Waals surface area contributed by atoms with E-state index in [1.807, 2.05) is 61.2 Å². The van der Waals surface area contributed by atoms with Crippen LogP contribution < -0.4 is 4.74 Å². The molecule has 0 saturated carbocycles. The van der Waals surface area contributed by atoms with Gasteiger partial charge in [-0.3, -0.25) is 14.9 Å². The van der Waals surface area contributed by atoms with E-state index in [4.69, 9.17) is 4.74 Å². The van der Waals surface area contributed by atoms with E-state index in [-0.39, 0.29) is 11.7 Å². The molecule has 2 aromatic heterocycles. The van der Waals surface area contributed by atoms with Gasteiger partial charge < -0.3 is 14.7 Å². The minimum atomic E-state index is -0.407. The number of phenolic OH excluding ortho intramolecular Hbond substituents is 1. The summed E-state index contributed by atoms with van der Waals surface area (Å²) in [5.41, 5.74) is 6.15. The molecule has 0 radical (unpaired) electrons. The van der Waals surface area contributed by atoms with Gasteiger partial charge in [0.15, 0.2) is 0 Å². The molecule has 37 heavy (non-hydrogen) atoms. The Morgan fingerprint density at radius 3 is 2.73 bits per heavy atom. The average molecular weight is 497 g/mol. The normalized spacial score (nSPS) is 14.7. The predicted octanol–water partition coefficient (Wildman–Crippen LogP) is 6.11. The quantitative estimate of drug-likeness (QED) is 0.273. The monoisotopic (exact) mass is 496 g/mol. The zero-order valence-corrected chi connectivity index (χ0v) is 21.5. The highest BCUT2D eigenvalue weighted by Crippen LogP contribution is 2.46. The second-order valence-electron chi connectivity index (χ2n) is 9.66. The summed E-state index contributed by atoms with van der Waals surface area (Å²) in [6.45, 7) is 7.10.